The van der Waals surface area contributed by atoms with Crippen molar-refractivity contribution in [1.82, 2.24) is 30.0 Å². The summed E-state index contributed by atoms with van der Waals surface area (Å²) >= 11 is 0. The van der Waals surface area contributed by atoms with Gasteiger partial charge in [0.15, 0.2) is 11.4 Å². The van der Waals surface area contributed by atoms with Gasteiger partial charge in [0.2, 0.25) is 5.89 Å². The third-order valence-electron chi connectivity index (χ3n) is 6.74. The Hall–Kier alpha value is -4.39. The van der Waals surface area contributed by atoms with Gasteiger partial charge in [0, 0.05) is 44.4 Å². The number of nitrogens with zero attached hydrogens (tertiary/aromatic N) is 6. The molecule has 9 heteroatoms. The van der Waals surface area contributed by atoms with Crippen molar-refractivity contribution in [2.24, 2.45) is 7.05 Å². The normalized spacial score (nSPS) is 13.2. The topological polar surface area (TPSA) is 115 Å². The first-order chi connectivity index (χ1) is 18.6. The van der Waals surface area contributed by atoms with E-state index in [0.717, 1.165) is 65.0 Å². The first kappa shape index (κ1) is 24.0. The maximum absolute atomic E-state index is 9.54. The maximum Gasteiger partial charge on any atom is 0.246 e. The van der Waals surface area contributed by atoms with Crippen molar-refractivity contribution in [2.75, 3.05) is 20.3 Å². The Labute approximate surface area is 220 Å². The molecule has 0 radical (unpaired) electrons. The van der Waals surface area contributed by atoms with Crippen molar-refractivity contribution >= 4 is 11.1 Å². The summed E-state index contributed by atoms with van der Waals surface area (Å²) in [5.41, 5.74) is 7.68. The number of hydrogen-bond donors (Lipinski definition) is 1. The number of benzene rings is 2. The first-order valence-electron chi connectivity index (χ1n) is 12.6. The van der Waals surface area contributed by atoms with Crippen LogP contribution >= 0.6 is 0 Å². The number of nitrogens with one attached hydrogen (secondary N) is 1. The van der Waals surface area contributed by atoms with Gasteiger partial charge in [-0.25, -0.2) is 9.97 Å². The Balaban J connectivity index is 1.41. The van der Waals surface area contributed by atoms with E-state index in [1.54, 1.807) is 13.4 Å². The molecular formula is C29H27N7O2. The molecule has 1 N–H and O–H groups in total. The molecule has 0 aliphatic heterocycles. The summed E-state index contributed by atoms with van der Waals surface area (Å²) in [6.45, 7) is 2.18. The molecule has 2 aromatic carbocycles. The van der Waals surface area contributed by atoms with Crippen LogP contribution in [0.4, 0.5) is 0 Å². The van der Waals surface area contributed by atoms with Crippen LogP contribution in [0.25, 0.3) is 45.2 Å². The van der Waals surface area contributed by atoms with Crippen molar-refractivity contribution in [3.8, 4) is 40.2 Å². The van der Waals surface area contributed by atoms with Crippen molar-refractivity contribution in [2.45, 2.75) is 25.3 Å². The largest absolute Gasteiger partial charge is 0.435 e. The van der Waals surface area contributed by atoms with Gasteiger partial charge in [-0.3, -0.25) is 0 Å². The first-order valence-corrected chi connectivity index (χ1v) is 12.6. The molecule has 9 nitrogen and oxygen atoms in total. The van der Waals surface area contributed by atoms with Crippen molar-refractivity contribution in [3.05, 3.63) is 71.7 Å². The van der Waals surface area contributed by atoms with Crippen molar-refractivity contribution in [1.29, 1.82) is 5.26 Å². The number of nitriles is 1. The molecule has 190 valence electrons. The summed E-state index contributed by atoms with van der Waals surface area (Å²) in [6, 6.07) is 18.1. The molecule has 1 saturated carbocycles. The average molecular weight is 506 g/mol. The van der Waals surface area contributed by atoms with Crippen LogP contribution in [-0.2, 0) is 18.3 Å². The van der Waals surface area contributed by atoms with E-state index in [9.17, 15) is 5.26 Å². The molecule has 1 fully saturated rings. The Morgan fingerprint density at radius 1 is 1.11 bits per heavy atom. The molecular weight excluding hydrogens is 478 g/mol. The lowest BCUT2D eigenvalue weighted by Crippen LogP contribution is -2.18. The highest BCUT2D eigenvalue weighted by Crippen LogP contribution is 2.42. The van der Waals surface area contributed by atoms with Gasteiger partial charge in [0.05, 0.1) is 18.2 Å². The third-order valence-corrected chi connectivity index (χ3v) is 6.74. The van der Waals surface area contributed by atoms with Crippen LogP contribution in [0, 0.1) is 11.3 Å². The third kappa shape index (κ3) is 4.79. The zero-order chi connectivity index (χ0) is 26.1. The number of hydrogen-bond acceptors (Lipinski definition) is 8. The fourth-order valence-electron chi connectivity index (χ4n) is 4.58. The molecule has 1 aliphatic rings. The summed E-state index contributed by atoms with van der Waals surface area (Å²) in [4.78, 5) is 9.76. The predicted octanol–water partition coefficient (Wildman–Crippen LogP) is 4.84. The molecule has 0 amide bonds. The van der Waals surface area contributed by atoms with Gasteiger partial charge in [0.25, 0.3) is 0 Å². The van der Waals surface area contributed by atoms with Crippen LogP contribution < -0.4 is 5.32 Å². The summed E-state index contributed by atoms with van der Waals surface area (Å²) in [5.74, 6) is 1.61. The van der Waals surface area contributed by atoms with Crippen molar-refractivity contribution in [3.63, 3.8) is 0 Å². The van der Waals surface area contributed by atoms with Gasteiger partial charge in [-0.15, -0.1) is 10.2 Å². The monoisotopic (exact) mass is 505 g/mol. The Morgan fingerprint density at radius 2 is 2.00 bits per heavy atom. The molecule has 0 saturated heterocycles. The SMILES string of the molecule is COCCNCc1ccc2oc(-c3cc(-c4ccc(C#N)cc4-c4nncn4C)cc(C4CC4)n3)nc2c1. The van der Waals surface area contributed by atoms with Crippen LogP contribution in [0.2, 0.25) is 0 Å². The number of ether oxygens (including phenoxy) is 1. The second-order valence-electron chi connectivity index (χ2n) is 9.57. The van der Waals surface area contributed by atoms with E-state index in [4.69, 9.17) is 19.1 Å². The maximum atomic E-state index is 9.54. The standard InChI is InChI=1S/C29H27N7O2/c1-36-17-32-35-28(36)23-11-18(15-30)3-7-22(23)21-13-24(20-5-6-20)33-26(14-21)29-34-25-12-19(4-8-27(25)38-29)16-31-9-10-37-2/h3-4,7-8,11-14,17,20,31H,5-6,9-10,16H2,1-2H3. The molecule has 1 aliphatic carbocycles. The number of fused-ring (bicyclic) bond motifs is 1. The smallest absolute Gasteiger partial charge is 0.246 e. The quantitative estimate of drug-likeness (QED) is 0.283. The highest BCUT2D eigenvalue weighted by atomic mass is 16.5. The molecule has 5 aromatic rings. The van der Waals surface area contributed by atoms with Gasteiger partial charge >= 0.3 is 0 Å². The second-order valence-corrected chi connectivity index (χ2v) is 9.57. The van der Waals surface area contributed by atoms with E-state index in [1.165, 1.54) is 0 Å². The number of rotatable bonds is 9. The number of aromatic nitrogens is 5. The van der Waals surface area contributed by atoms with E-state index in [-0.39, 0.29) is 0 Å². The summed E-state index contributed by atoms with van der Waals surface area (Å²) < 4.78 is 13.1. The van der Waals surface area contributed by atoms with Crippen LogP contribution in [0.5, 0.6) is 0 Å². The number of pyridine rings is 1. The van der Waals surface area contributed by atoms with Gasteiger partial charge in [0.1, 0.15) is 17.5 Å². The minimum atomic E-state index is 0.430. The lowest BCUT2D eigenvalue weighted by Gasteiger charge is -2.12. The van der Waals surface area contributed by atoms with Crippen LogP contribution in [0.3, 0.4) is 0 Å². The zero-order valence-corrected chi connectivity index (χ0v) is 21.3. The van der Waals surface area contributed by atoms with E-state index in [1.807, 2.05) is 54.1 Å². The zero-order valence-electron chi connectivity index (χ0n) is 21.3. The summed E-state index contributed by atoms with van der Waals surface area (Å²) in [5, 5.41) is 21.3. The lowest BCUT2D eigenvalue weighted by molar-refractivity contribution is 0.199. The number of methoxy groups -OCH3 is 1. The van der Waals surface area contributed by atoms with E-state index in [0.29, 0.717) is 35.5 Å². The number of oxazole rings is 1. The Kier molecular flexibility index (Phi) is 6.42. The molecule has 0 atom stereocenters. The highest BCUT2D eigenvalue weighted by Gasteiger charge is 2.27. The highest BCUT2D eigenvalue weighted by molar-refractivity contribution is 5.84. The second kappa shape index (κ2) is 10.2. The summed E-state index contributed by atoms with van der Waals surface area (Å²) in [6.07, 6.45) is 3.89. The average Bonchev–Trinajstić information content (AvgIpc) is 3.58. The molecule has 0 bridgehead atoms. The fraction of sp³-hybridized carbons (Fsp3) is 0.276. The van der Waals surface area contributed by atoms with Gasteiger partial charge in [-0.1, -0.05) is 12.1 Å². The molecule has 38 heavy (non-hydrogen) atoms. The molecule has 0 spiro atoms. The van der Waals surface area contributed by atoms with E-state index < -0.39 is 0 Å². The molecule has 3 aromatic heterocycles. The van der Waals surface area contributed by atoms with E-state index >= 15 is 0 Å². The van der Waals surface area contributed by atoms with Gasteiger partial charge < -0.3 is 19.0 Å². The van der Waals surface area contributed by atoms with Crippen LogP contribution in [0.15, 0.2) is 59.3 Å². The van der Waals surface area contributed by atoms with E-state index in [2.05, 4.69) is 27.6 Å². The van der Waals surface area contributed by atoms with Gasteiger partial charge in [-0.2, -0.15) is 5.26 Å². The van der Waals surface area contributed by atoms with Crippen LogP contribution in [-0.4, -0.2) is 45.0 Å². The van der Waals surface area contributed by atoms with Crippen LogP contribution in [0.1, 0.15) is 35.6 Å². The molecule has 6 rings (SSSR count). The minimum Gasteiger partial charge on any atom is -0.435 e. The minimum absolute atomic E-state index is 0.430. The van der Waals surface area contributed by atoms with Crippen molar-refractivity contribution < 1.29 is 9.15 Å². The lowest BCUT2D eigenvalue weighted by atomic mass is 9.96. The fourth-order valence-corrected chi connectivity index (χ4v) is 4.58. The molecule has 3 heterocycles. The summed E-state index contributed by atoms with van der Waals surface area (Å²) in [7, 11) is 3.59. The Morgan fingerprint density at radius 3 is 2.76 bits per heavy atom. The molecule has 0 unspecified atom stereocenters. The predicted molar refractivity (Wildman–Crippen MR) is 143 cm³/mol. The Bertz CT molecular complexity index is 1660. The number of aryl methyl sites for hydroxylation is 1. The van der Waals surface area contributed by atoms with Gasteiger partial charge in [-0.05, 0) is 65.9 Å².